The topological polar surface area (TPSA) is 75.3 Å². The van der Waals surface area contributed by atoms with Crippen LogP contribution >= 0.6 is 23.2 Å². The van der Waals surface area contributed by atoms with E-state index < -0.39 is 0 Å². The molecule has 126 valence electrons. The number of fused-ring (bicyclic) bond motifs is 1. The zero-order chi connectivity index (χ0) is 17.1. The lowest BCUT2D eigenvalue weighted by molar-refractivity contribution is 0.289. The maximum atomic E-state index is 9.21. The smallest absolute Gasteiger partial charge is 0.263 e. The maximum Gasteiger partial charge on any atom is 0.263 e. The number of rotatable bonds is 6. The summed E-state index contributed by atoms with van der Waals surface area (Å²) in [4.78, 5) is 10.6. The van der Waals surface area contributed by atoms with E-state index in [4.69, 9.17) is 27.7 Å². The van der Waals surface area contributed by atoms with Gasteiger partial charge in [0.15, 0.2) is 0 Å². The van der Waals surface area contributed by atoms with Crippen LogP contribution in [-0.2, 0) is 6.54 Å². The van der Waals surface area contributed by atoms with Crippen molar-refractivity contribution in [2.45, 2.75) is 19.9 Å². The van der Waals surface area contributed by atoms with E-state index in [0.717, 1.165) is 22.5 Å². The van der Waals surface area contributed by atoms with Gasteiger partial charge in [0.1, 0.15) is 17.5 Å². The molecule has 6 nitrogen and oxygen atoms in total. The molecule has 0 amide bonds. The molecular weight excluding hydrogens is 351 g/mol. The van der Waals surface area contributed by atoms with Crippen LogP contribution < -0.4 is 4.90 Å². The van der Waals surface area contributed by atoms with Gasteiger partial charge in [-0.25, -0.2) is 4.98 Å². The van der Waals surface area contributed by atoms with Crippen molar-refractivity contribution in [3.63, 3.8) is 0 Å². The molecule has 0 saturated heterocycles. The molecule has 1 aromatic carbocycles. The lowest BCUT2D eigenvalue weighted by Crippen LogP contribution is -2.26. The predicted octanol–water partition coefficient (Wildman–Crippen LogP) is 3.62. The second-order valence-electron chi connectivity index (χ2n) is 5.39. The normalized spacial score (nSPS) is 11.2. The Balaban J connectivity index is 1.98. The SMILES string of the molecule is Cc1noc2ncnc(N(CCCO)Cc3ccc(Cl)c(Cl)c3)c12. The quantitative estimate of drug-likeness (QED) is 0.717. The first-order valence-electron chi connectivity index (χ1n) is 7.47. The molecule has 2 aromatic heterocycles. The highest BCUT2D eigenvalue weighted by Gasteiger charge is 2.18. The van der Waals surface area contributed by atoms with Crippen LogP contribution in [0.2, 0.25) is 10.0 Å². The van der Waals surface area contributed by atoms with Crippen molar-refractivity contribution in [3.8, 4) is 0 Å². The first-order chi connectivity index (χ1) is 11.6. The maximum absolute atomic E-state index is 9.21. The van der Waals surface area contributed by atoms with Gasteiger partial charge >= 0.3 is 0 Å². The number of aliphatic hydroxyl groups is 1. The number of anilines is 1. The summed E-state index contributed by atoms with van der Waals surface area (Å²) in [7, 11) is 0. The Kier molecular flexibility index (Phi) is 5.18. The first-order valence-corrected chi connectivity index (χ1v) is 8.22. The highest BCUT2D eigenvalue weighted by atomic mass is 35.5. The van der Waals surface area contributed by atoms with Crippen LogP contribution in [0.1, 0.15) is 17.7 Å². The summed E-state index contributed by atoms with van der Waals surface area (Å²) >= 11 is 12.1. The molecule has 2 heterocycles. The van der Waals surface area contributed by atoms with Crippen molar-refractivity contribution in [2.75, 3.05) is 18.1 Å². The highest BCUT2D eigenvalue weighted by molar-refractivity contribution is 6.42. The van der Waals surface area contributed by atoms with Crippen LogP contribution in [-0.4, -0.2) is 33.4 Å². The van der Waals surface area contributed by atoms with Gasteiger partial charge in [0.2, 0.25) is 0 Å². The Hall–Kier alpha value is -1.89. The zero-order valence-electron chi connectivity index (χ0n) is 13.0. The highest BCUT2D eigenvalue weighted by Crippen LogP contribution is 2.28. The van der Waals surface area contributed by atoms with Crippen molar-refractivity contribution in [2.24, 2.45) is 0 Å². The summed E-state index contributed by atoms with van der Waals surface area (Å²) in [5.74, 6) is 0.721. The van der Waals surface area contributed by atoms with E-state index in [0.29, 0.717) is 35.3 Å². The van der Waals surface area contributed by atoms with E-state index in [1.54, 1.807) is 6.07 Å². The first kappa shape index (κ1) is 17.0. The largest absolute Gasteiger partial charge is 0.396 e. The van der Waals surface area contributed by atoms with Crippen molar-refractivity contribution >= 4 is 40.1 Å². The van der Waals surface area contributed by atoms with Gasteiger partial charge < -0.3 is 14.5 Å². The zero-order valence-corrected chi connectivity index (χ0v) is 14.5. The fraction of sp³-hybridized carbons (Fsp3) is 0.312. The molecule has 0 radical (unpaired) electrons. The third-order valence-corrected chi connectivity index (χ3v) is 4.41. The minimum atomic E-state index is 0.0920. The fourth-order valence-electron chi connectivity index (χ4n) is 2.52. The van der Waals surface area contributed by atoms with E-state index >= 15 is 0 Å². The molecule has 0 aliphatic heterocycles. The Bertz CT molecular complexity index is 853. The summed E-state index contributed by atoms with van der Waals surface area (Å²) < 4.78 is 5.21. The van der Waals surface area contributed by atoms with Gasteiger partial charge in [-0.15, -0.1) is 0 Å². The molecule has 3 rings (SSSR count). The number of nitrogens with zero attached hydrogens (tertiary/aromatic N) is 4. The van der Waals surface area contributed by atoms with Crippen molar-refractivity contribution < 1.29 is 9.63 Å². The lowest BCUT2D eigenvalue weighted by Gasteiger charge is -2.24. The third kappa shape index (κ3) is 3.45. The Morgan fingerprint density at radius 2 is 2.04 bits per heavy atom. The summed E-state index contributed by atoms with van der Waals surface area (Å²) in [6.45, 7) is 3.12. The van der Waals surface area contributed by atoms with Gasteiger partial charge in [-0.05, 0) is 31.0 Å². The number of aromatic nitrogens is 3. The number of aliphatic hydroxyl groups excluding tert-OH is 1. The number of benzene rings is 1. The molecule has 0 atom stereocenters. The van der Waals surface area contributed by atoms with Crippen LogP contribution in [0.15, 0.2) is 29.0 Å². The van der Waals surface area contributed by atoms with E-state index in [2.05, 4.69) is 15.1 Å². The molecule has 0 aliphatic carbocycles. The summed E-state index contributed by atoms with van der Waals surface area (Å²) in [5, 5.41) is 15.0. The van der Waals surface area contributed by atoms with Crippen molar-refractivity contribution in [1.82, 2.24) is 15.1 Å². The average Bonchev–Trinajstić information content (AvgIpc) is 2.96. The standard InChI is InChI=1S/C16H16Cl2N4O2/c1-10-14-15(19-9-20-16(14)24-21-10)22(5-2-6-23)8-11-3-4-12(17)13(18)7-11/h3-4,7,9,23H,2,5-6,8H2,1H3. The van der Waals surface area contributed by atoms with Crippen molar-refractivity contribution in [3.05, 3.63) is 45.8 Å². The number of hydrogen-bond acceptors (Lipinski definition) is 6. The summed E-state index contributed by atoms with van der Waals surface area (Å²) in [5.41, 5.74) is 2.16. The molecule has 0 saturated carbocycles. The van der Waals surface area contributed by atoms with E-state index in [-0.39, 0.29) is 6.61 Å². The average molecular weight is 367 g/mol. The third-order valence-electron chi connectivity index (χ3n) is 3.67. The Morgan fingerprint density at radius 1 is 1.21 bits per heavy atom. The molecule has 24 heavy (non-hydrogen) atoms. The number of aryl methyl sites for hydroxylation is 1. The van der Waals surface area contributed by atoms with Crippen LogP contribution in [0.3, 0.4) is 0 Å². The van der Waals surface area contributed by atoms with E-state index in [9.17, 15) is 5.11 Å². The molecular formula is C16H16Cl2N4O2. The van der Waals surface area contributed by atoms with Crippen molar-refractivity contribution in [1.29, 1.82) is 0 Å². The molecule has 0 aliphatic rings. The second kappa shape index (κ2) is 7.34. The van der Waals surface area contributed by atoms with Crippen LogP contribution in [0.4, 0.5) is 5.82 Å². The number of halogens is 2. The summed E-state index contributed by atoms with van der Waals surface area (Å²) in [6, 6.07) is 5.51. The predicted molar refractivity (Wildman–Crippen MR) is 93.6 cm³/mol. The van der Waals surface area contributed by atoms with Crippen LogP contribution in [0, 0.1) is 6.92 Å². The van der Waals surface area contributed by atoms with Crippen LogP contribution in [0.25, 0.3) is 11.1 Å². The van der Waals surface area contributed by atoms with E-state index in [1.807, 2.05) is 24.0 Å². The minimum Gasteiger partial charge on any atom is -0.396 e. The Morgan fingerprint density at radius 3 is 2.79 bits per heavy atom. The molecule has 0 spiro atoms. The van der Waals surface area contributed by atoms with Gasteiger partial charge in [0, 0.05) is 19.7 Å². The van der Waals surface area contributed by atoms with Gasteiger partial charge in [-0.3, -0.25) is 0 Å². The molecule has 8 heteroatoms. The molecule has 0 fully saturated rings. The van der Waals surface area contributed by atoms with Gasteiger partial charge in [-0.1, -0.05) is 34.4 Å². The van der Waals surface area contributed by atoms with Crippen LogP contribution in [0.5, 0.6) is 0 Å². The van der Waals surface area contributed by atoms with Gasteiger partial charge in [-0.2, -0.15) is 4.98 Å². The fourth-order valence-corrected chi connectivity index (χ4v) is 2.84. The summed E-state index contributed by atoms with van der Waals surface area (Å²) in [6.07, 6.45) is 2.06. The Labute approximate surface area is 149 Å². The molecule has 0 unspecified atom stereocenters. The second-order valence-corrected chi connectivity index (χ2v) is 6.21. The molecule has 0 bridgehead atoms. The van der Waals surface area contributed by atoms with Gasteiger partial charge in [0.05, 0.1) is 15.7 Å². The van der Waals surface area contributed by atoms with Gasteiger partial charge in [0.25, 0.3) is 5.71 Å². The van der Waals surface area contributed by atoms with E-state index in [1.165, 1.54) is 6.33 Å². The molecule has 3 aromatic rings. The lowest BCUT2D eigenvalue weighted by atomic mass is 10.2. The molecule has 1 N–H and O–H groups in total. The number of hydrogen-bond donors (Lipinski definition) is 1. The monoisotopic (exact) mass is 366 g/mol. The minimum absolute atomic E-state index is 0.0920.